The van der Waals surface area contributed by atoms with Crippen LogP contribution >= 0.6 is 22.9 Å². The van der Waals surface area contributed by atoms with Crippen molar-refractivity contribution in [1.82, 2.24) is 4.98 Å². The maximum atomic E-state index is 10.9. The van der Waals surface area contributed by atoms with E-state index in [0.29, 0.717) is 12.4 Å². The van der Waals surface area contributed by atoms with Crippen LogP contribution in [0, 0.1) is 13.8 Å². The highest BCUT2D eigenvalue weighted by Gasteiger charge is 2.10. The molecule has 0 aliphatic carbocycles. The Kier molecular flexibility index (Phi) is 4.07. The quantitative estimate of drug-likeness (QED) is 0.935. The molecule has 6 heteroatoms. The van der Waals surface area contributed by atoms with Crippen molar-refractivity contribution in [2.45, 2.75) is 20.5 Å². The molecule has 0 amide bonds. The first kappa shape index (κ1) is 13.8. The summed E-state index contributed by atoms with van der Waals surface area (Å²) in [6, 6.07) is 4.57. The van der Waals surface area contributed by atoms with Crippen LogP contribution in [0.5, 0.6) is 5.75 Å². The van der Waals surface area contributed by atoms with E-state index in [0.717, 1.165) is 15.6 Å². The molecule has 0 aliphatic heterocycles. The average Bonchev–Trinajstić information content (AvgIpc) is 2.67. The number of benzene rings is 1. The fraction of sp³-hybridized carbons (Fsp3) is 0.231. The molecule has 19 heavy (non-hydrogen) atoms. The zero-order valence-corrected chi connectivity index (χ0v) is 12.0. The van der Waals surface area contributed by atoms with Gasteiger partial charge in [0.05, 0.1) is 16.3 Å². The lowest BCUT2D eigenvalue weighted by atomic mass is 10.2. The second-order valence-electron chi connectivity index (χ2n) is 3.98. The summed E-state index contributed by atoms with van der Waals surface area (Å²) >= 11 is 7.35. The maximum Gasteiger partial charge on any atom is 0.337 e. The second-order valence-corrected chi connectivity index (χ2v) is 5.68. The van der Waals surface area contributed by atoms with Crippen molar-refractivity contribution in [1.29, 1.82) is 0 Å². The predicted octanol–water partition coefficient (Wildman–Crippen LogP) is 3.69. The van der Waals surface area contributed by atoms with Gasteiger partial charge in [-0.25, -0.2) is 9.78 Å². The molecule has 0 atom stereocenters. The Hall–Kier alpha value is -1.59. The summed E-state index contributed by atoms with van der Waals surface area (Å²) in [5.74, 6) is -0.608. The third-order valence-corrected chi connectivity index (χ3v) is 3.98. The molecular formula is C13H12ClNO3S. The van der Waals surface area contributed by atoms with E-state index >= 15 is 0 Å². The first-order valence-corrected chi connectivity index (χ1v) is 6.75. The SMILES string of the molecule is Cc1nc(COc2ccc(Cl)c(C(=O)O)c2)sc1C. The molecule has 4 nitrogen and oxygen atoms in total. The van der Waals surface area contributed by atoms with Crippen molar-refractivity contribution in [3.05, 3.63) is 44.4 Å². The normalized spacial score (nSPS) is 10.5. The van der Waals surface area contributed by atoms with Crippen molar-refractivity contribution in [3.63, 3.8) is 0 Å². The molecule has 0 radical (unpaired) electrons. The largest absolute Gasteiger partial charge is 0.486 e. The molecule has 1 heterocycles. The summed E-state index contributed by atoms with van der Waals surface area (Å²) in [6.45, 7) is 4.27. The van der Waals surface area contributed by atoms with Crippen LogP contribution in [-0.2, 0) is 6.61 Å². The van der Waals surface area contributed by atoms with Crippen LogP contribution < -0.4 is 4.74 Å². The third kappa shape index (κ3) is 3.24. The van der Waals surface area contributed by atoms with Gasteiger partial charge < -0.3 is 9.84 Å². The van der Waals surface area contributed by atoms with Crippen LogP contribution in [0.2, 0.25) is 5.02 Å². The molecule has 100 valence electrons. The molecule has 0 unspecified atom stereocenters. The van der Waals surface area contributed by atoms with E-state index in [9.17, 15) is 4.79 Å². The summed E-state index contributed by atoms with van der Waals surface area (Å²) in [4.78, 5) is 16.5. The lowest BCUT2D eigenvalue weighted by Gasteiger charge is -2.06. The second kappa shape index (κ2) is 5.59. The molecule has 2 rings (SSSR count). The van der Waals surface area contributed by atoms with Gasteiger partial charge in [-0.2, -0.15) is 0 Å². The number of aryl methyl sites for hydroxylation is 2. The maximum absolute atomic E-state index is 10.9. The Labute approximate surface area is 119 Å². The van der Waals surface area contributed by atoms with Gasteiger partial charge in [0, 0.05) is 4.88 Å². The highest BCUT2D eigenvalue weighted by atomic mass is 35.5. The van der Waals surface area contributed by atoms with Gasteiger partial charge in [-0.3, -0.25) is 0 Å². The minimum atomic E-state index is -1.07. The molecule has 0 spiro atoms. The van der Waals surface area contributed by atoms with Crippen LogP contribution in [-0.4, -0.2) is 16.1 Å². The molecular weight excluding hydrogens is 286 g/mol. The lowest BCUT2D eigenvalue weighted by molar-refractivity contribution is 0.0696. The summed E-state index contributed by atoms with van der Waals surface area (Å²) in [5.41, 5.74) is 1.02. The molecule has 0 saturated carbocycles. The molecule has 0 aliphatic rings. The molecule has 1 N–H and O–H groups in total. The number of aromatic carboxylic acids is 1. The summed E-state index contributed by atoms with van der Waals surface area (Å²) in [5, 5.41) is 10.0. The van der Waals surface area contributed by atoms with Crippen molar-refractivity contribution >= 4 is 28.9 Å². The highest BCUT2D eigenvalue weighted by Crippen LogP contribution is 2.24. The number of nitrogens with zero attached hydrogens (tertiary/aromatic N) is 1. The summed E-state index contributed by atoms with van der Waals surface area (Å²) in [7, 11) is 0. The number of carbonyl (C=O) groups is 1. The number of thiazole rings is 1. The van der Waals surface area contributed by atoms with Gasteiger partial charge in [0.15, 0.2) is 0 Å². The van der Waals surface area contributed by atoms with Gasteiger partial charge in [-0.05, 0) is 32.0 Å². The standard InChI is InChI=1S/C13H12ClNO3S/c1-7-8(2)19-12(15-7)6-18-9-3-4-11(14)10(5-9)13(16)17/h3-5H,6H2,1-2H3,(H,16,17). The number of halogens is 1. The van der Waals surface area contributed by atoms with Crippen LogP contribution in [0.4, 0.5) is 0 Å². The zero-order chi connectivity index (χ0) is 14.0. The van der Waals surface area contributed by atoms with Crippen LogP contribution in [0.15, 0.2) is 18.2 Å². The fourth-order valence-electron chi connectivity index (χ4n) is 1.50. The number of ether oxygens (including phenoxy) is 1. The van der Waals surface area contributed by atoms with E-state index in [1.807, 2.05) is 13.8 Å². The minimum Gasteiger partial charge on any atom is -0.486 e. The Morgan fingerprint density at radius 2 is 2.21 bits per heavy atom. The Morgan fingerprint density at radius 3 is 2.79 bits per heavy atom. The number of hydrogen-bond donors (Lipinski definition) is 1. The monoisotopic (exact) mass is 297 g/mol. The Balaban J connectivity index is 2.11. The summed E-state index contributed by atoms with van der Waals surface area (Å²) < 4.78 is 5.53. The zero-order valence-electron chi connectivity index (χ0n) is 10.4. The molecule has 0 saturated heterocycles. The first-order chi connectivity index (χ1) is 8.97. The number of carboxylic acid groups (broad SMARTS) is 1. The van der Waals surface area contributed by atoms with Gasteiger partial charge in [0.2, 0.25) is 0 Å². The Morgan fingerprint density at radius 1 is 1.47 bits per heavy atom. The molecule has 0 bridgehead atoms. The van der Waals surface area contributed by atoms with Crippen LogP contribution in [0.1, 0.15) is 25.9 Å². The first-order valence-electron chi connectivity index (χ1n) is 5.56. The molecule has 2 aromatic rings. The van der Waals surface area contributed by atoms with Crippen molar-refractivity contribution in [2.75, 3.05) is 0 Å². The van der Waals surface area contributed by atoms with Gasteiger partial charge in [0.1, 0.15) is 17.4 Å². The van der Waals surface area contributed by atoms with Gasteiger partial charge in [-0.1, -0.05) is 11.6 Å². The highest BCUT2D eigenvalue weighted by molar-refractivity contribution is 7.11. The third-order valence-electron chi connectivity index (χ3n) is 2.60. The number of rotatable bonds is 4. The van der Waals surface area contributed by atoms with E-state index in [2.05, 4.69) is 4.98 Å². The molecule has 1 aromatic carbocycles. The summed E-state index contributed by atoms with van der Waals surface area (Å²) in [6.07, 6.45) is 0. The van der Waals surface area contributed by atoms with Crippen LogP contribution in [0.3, 0.4) is 0 Å². The van der Waals surface area contributed by atoms with E-state index in [1.165, 1.54) is 12.1 Å². The number of hydrogen-bond acceptors (Lipinski definition) is 4. The van der Waals surface area contributed by atoms with Crippen LogP contribution in [0.25, 0.3) is 0 Å². The van der Waals surface area contributed by atoms with Gasteiger partial charge in [-0.15, -0.1) is 11.3 Å². The number of aromatic nitrogens is 1. The van der Waals surface area contributed by atoms with E-state index in [1.54, 1.807) is 17.4 Å². The predicted molar refractivity (Wildman–Crippen MR) is 74.3 cm³/mol. The fourth-order valence-corrected chi connectivity index (χ4v) is 2.55. The van der Waals surface area contributed by atoms with Gasteiger partial charge >= 0.3 is 5.97 Å². The molecule has 1 aromatic heterocycles. The Bertz CT molecular complexity index is 605. The van der Waals surface area contributed by atoms with Crippen molar-refractivity contribution in [2.24, 2.45) is 0 Å². The topological polar surface area (TPSA) is 59.4 Å². The van der Waals surface area contributed by atoms with E-state index in [4.69, 9.17) is 21.4 Å². The van der Waals surface area contributed by atoms with E-state index in [-0.39, 0.29) is 10.6 Å². The smallest absolute Gasteiger partial charge is 0.337 e. The minimum absolute atomic E-state index is 0.0330. The number of carboxylic acids is 1. The lowest BCUT2D eigenvalue weighted by Crippen LogP contribution is -2.00. The van der Waals surface area contributed by atoms with Crippen molar-refractivity contribution < 1.29 is 14.6 Å². The van der Waals surface area contributed by atoms with Gasteiger partial charge in [0.25, 0.3) is 0 Å². The van der Waals surface area contributed by atoms with E-state index < -0.39 is 5.97 Å². The average molecular weight is 298 g/mol. The van der Waals surface area contributed by atoms with Crippen molar-refractivity contribution in [3.8, 4) is 5.75 Å². The molecule has 0 fully saturated rings.